The van der Waals surface area contributed by atoms with Gasteiger partial charge in [-0.2, -0.15) is 0 Å². The van der Waals surface area contributed by atoms with E-state index in [0.29, 0.717) is 22.9 Å². The molecule has 6 heteroatoms. The van der Waals surface area contributed by atoms with Crippen LogP contribution in [0.1, 0.15) is 13.8 Å². The van der Waals surface area contributed by atoms with Crippen LogP contribution >= 0.6 is 0 Å². The maximum absolute atomic E-state index is 12.9. The molecular weight excluding hydrogens is 320 g/mol. The van der Waals surface area contributed by atoms with Gasteiger partial charge in [0.05, 0.1) is 25.6 Å². The molecule has 0 atom stereocenters. The Morgan fingerprint density at radius 3 is 1.28 bits per heavy atom. The van der Waals surface area contributed by atoms with Gasteiger partial charge < -0.3 is 9.47 Å². The molecule has 6 nitrogen and oxygen atoms in total. The van der Waals surface area contributed by atoms with E-state index in [9.17, 15) is 9.59 Å². The van der Waals surface area contributed by atoms with Gasteiger partial charge >= 0.3 is 0 Å². The summed E-state index contributed by atoms with van der Waals surface area (Å²) in [6.07, 6.45) is 0. The van der Waals surface area contributed by atoms with Crippen LogP contribution in [-0.4, -0.2) is 26.0 Å². The largest absolute Gasteiger partial charge is 0.497 e. The molecule has 1 saturated heterocycles. The molecule has 2 aromatic carbocycles. The zero-order chi connectivity index (χ0) is 18.2. The summed E-state index contributed by atoms with van der Waals surface area (Å²) in [6, 6.07) is 14.0. The van der Waals surface area contributed by atoms with Gasteiger partial charge in [0.2, 0.25) is 0 Å². The summed E-state index contributed by atoms with van der Waals surface area (Å²) in [5, 5.41) is 2.81. The molecule has 0 spiro atoms. The van der Waals surface area contributed by atoms with Crippen LogP contribution in [0.5, 0.6) is 11.5 Å². The first-order valence-corrected chi connectivity index (χ1v) is 7.87. The van der Waals surface area contributed by atoms with Crippen LogP contribution in [-0.2, 0) is 9.59 Å². The van der Waals surface area contributed by atoms with Crippen LogP contribution in [0.15, 0.2) is 48.5 Å². The smallest absolute Gasteiger partial charge is 0.261 e. The lowest BCUT2D eigenvalue weighted by Crippen LogP contribution is -2.41. The van der Waals surface area contributed by atoms with Crippen molar-refractivity contribution in [2.45, 2.75) is 13.8 Å². The molecule has 0 bridgehead atoms. The Kier molecular flexibility index (Phi) is 4.12. The predicted octanol–water partition coefficient (Wildman–Crippen LogP) is 3.02. The number of nitrogens with zero attached hydrogens (tertiary/aromatic N) is 2. The van der Waals surface area contributed by atoms with Crippen LogP contribution in [0.2, 0.25) is 0 Å². The number of hydrazine groups is 1. The van der Waals surface area contributed by atoms with E-state index in [1.165, 1.54) is 10.0 Å². The molecule has 1 heterocycles. The van der Waals surface area contributed by atoms with Gasteiger partial charge in [-0.1, -0.05) is 0 Å². The molecule has 0 unspecified atom stereocenters. The molecule has 0 radical (unpaired) electrons. The zero-order valence-corrected chi connectivity index (χ0v) is 14.6. The lowest BCUT2D eigenvalue weighted by atomic mass is 9.93. The summed E-state index contributed by atoms with van der Waals surface area (Å²) in [4.78, 5) is 25.8. The standard InChI is InChI=1S/C19H20N2O4/c1-19(2)17(22)20(13-5-9-15(24-3)10-6-13)21(18(19)23)14-7-11-16(25-4)12-8-14/h5-12H,1-4H3. The number of hydrogen-bond donors (Lipinski definition) is 0. The van der Waals surface area contributed by atoms with Crippen molar-refractivity contribution in [2.75, 3.05) is 24.2 Å². The van der Waals surface area contributed by atoms with E-state index in [2.05, 4.69) is 0 Å². The second-order valence-corrected chi connectivity index (χ2v) is 6.25. The fourth-order valence-electron chi connectivity index (χ4n) is 2.71. The Morgan fingerprint density at radius 2 is 1.00 bits per heavy atom. The number of amides is 2. The summed E-state index contributed by atoms with van der Waals surface area (Å²) in [5.41, 5.74) is 0.0564. The summed E-state index contributed by atoms with van der Waals surface area (Å²) < 4.78 is 10.3. The zero-order valence-electron chi connectivity index (χ0n) is 14.6. The molecule has 1 fully saturated rings. The fourth-order valence-corrected chi connectivity index (χ4v) is 2.71. The highest BCUT2D eigenvalue weighted by Crippen LogP contribution is 2.38. The van der Waals surface area contributed by atoms with Gasteiger partial charge in [0.1, 0.15) is 16.9 Å². The summed E-state index contributed by atoms with van der Waals surface area (Å²) >= 11 is 0. The van der Waals surface area contributed by atoms with E-state index in [1.54, 1.807) is 76.6 Å². The van der Waals surface area contributed by atoms with Crippen molar-refractivity contribution in [1.29, 1.82) is 0 Å². The first-order valence-electron chi connectivity index (χ1n) is 7.87. The molecule has 1 aliphatic heterocycles. The normalized spacial score (nSPS) is 16.3. The number of benzene rings is 2. The van der Waals surface area contributed by atoms with Crippen molar-refractivity contribution in [3.05, 3.63) is 48.5 Å². The number of carbonyl (C=O) groups excluding carboxylic acids is 2. The molecular formula is C19H20N2O4. The molecule has 0 N–H and O–H groups in total. The quantitative estimate of drug-likeness (QED) is 0.803. The average Bonchev–Trinajstić information content (AvgIpc) is 2.82. The molecule has 1 aliphatic rings. The molecule has 0 saturated carbocycles. The van der Waals surface area contributed by atoms with Crippen molar-refractivity contribution in [2.24, 2.45) is 5.41 Å². The average molecular weight is 340 g/mol. The summed E-state index contributed by atoms with van der Waals surface area (Å²) in [5.74, 6) is 0.797. The van der Waals surface area contributed by atoms with Gasteiger partial charge in [-0.25, -0.2) is 10.0 Å². The number of rotatable bonds is 4. The molecule has 130 valence electrons. The minimum absolute atomic E-state index is 0.279. The molecule has 25 heavy (non-hydrogen) atoms. The van der Waals surface area contributed by atoms with Gasteiger partial charge in [-0.15, -0.1) is 0 Å². The van der Waals surface area contributed by atoms with Crippen molar-refractivity contribution in [1.82, 2.24) is 0 Å². The Bertz CT molecular complexity index is 730. The van der Waals surface area contributed by atoms with Crippen molar-refractivity contribution >= 4 is 23.2 Å². The fraction of sp³-hybridized carbons (Fsp3) is 0.263. The molecule has 0 aliphatic carbocycles. The SMILES string of the molecule is COc1ccc(N2C(=O)C(C)(C)C(=O)N2c2ccc(OC)cc2)cc1. The van der Waals surface area contributed by atoms with Crippen LogP contribution in [0, 0.1) is 5.41 Å². The van der Waals surface area contributed by atoms with Gasteiger partial charge in [0, 0.05) is 0 Å². The van der Waals surface area contributed by atoms with E-state index in [-0.39, 0.29) is 11.8 Å². The maximum atomic E-state index is 12.9. The van der Waals surface area contributed by atoms with Crippen LogP contribution in [0.4, 0.5) is 11.4 Å². The Hall–Kier alpha value is -3.02. The highest BCUT2D eigenvalue weighted by Gasteiger charge is 2.53. The molecule has 2 aromatic rings. The third-order valence-electron chi connectivity index (χ3n) is 4.29. The van der Waals surface area contributed by atoms with E-state index in [1.807, 2.05) is 0 Å². The predicted molar refractivity (Wildman–Crippen MR) is 94.7 cm³/mol. The minimum Gasteiger partial charge on any atom is -0.497 e. The third kappa shape index (κ3) is 2.69. The second kappa shape index (κ2) is 6.12. The monoisotopic (exact) mass is 340 g/mol. The number of carbonyl (C=O) groups is 2. The number of ether oxygens (including phenoxy) is 2. The van der Waals surface area contributed by atoms with Gasteiger partial charge in [-0.05, 0) is 62.4 Å². The lowest BCUT2D eigenvalue weighted by molar-refractivity contribution is -0.132. The minimum atomic E-state index is -1.14. The van der Waals surface area contributed by atoms with Crippen LogP contribution in [0.25, 0.3) is 0 Å². The summed E-state index contributed by atoms with van der Waals surface area (Å²) in [6.45, 7) is 3.27. The number of hydrogen-bond acceptors (Lipinski definition) is 4. The van der Waals surface area contributed by atoms with Crippen molar-refractivity contribution < 1.29 is 19.1 Å². The molecule has 2 amide bonds. The number of anilines is 2. The second-order valence-electron chi connectivity index (χ2n) is 6.25. The Labute approximate surface area is 146 Å². The van der Waals surface area contributed by atoms with E-state index in [0.717, 1.165) is 0 Å². The highest BCUT2D eigenvalue weighted by atomic mass is 16.5. The molecule has 3 rings (SSSR count). The highest BCUT2D eigenvalue weighted by molar-refractivity contribution is 6.25. The topological polar surface area (TPSA) is 59.1 Å². The van der Waals surface area contributed by atoms with Crippen molar-refractivity contribution in [3.63, 3.8) is 0 Å². The Balaban J connectivity index is 2.07. The summed E-state index contributed by atoms with van der Waals surface area (Å²) in [7, 11) is 3.15. The maximum Gasteiger partial charge on any atom is 0.261 e. The first-order chi connectivity index (χ1) is 11.9. The Morgan fingerprint density at radius 1 is 0.680 bits per heavy atom. The van der Waals surface area contributed by atoms with Crippen LogP contribution in [0.3, 0.4) is 0 Å². The third-order valence-corrected chi connectivity index (χ3v) is 4.29. The first kappa shape index (κ1) is 16.8. The van der Waals surface area contributed by atoms with E-state index in [4.69, 9.17) is 9.47 Å². The van der Waals surface area contributed by atoms with Gasteiger partial charge in [0.15, 0.2) is 0 Å². The lowest BCUT2D eigenvalue weighted by Gasteiger charge is -2.28. The van der Waals surface area contributed by atoms with Gasteiger partial charge in [0.25, 0.3) is 11.8 Å². The van der Waals surface area contributed by atoms with Gasteiger partial charge in [-0.3, -0.25) is 9.59 Å². The van der Waals surface area contributed by atoms with Crippen LogP contribution < -0.4 is 19.5 Å². The van der Waals surface area contributed by atoms with E-state index >= 15 is 0 Å². The number of methoxy groups -OCH3 is 2. The van der Waals surface area contributed by atoms with E-state index < -0.39 is 5.41 Å². The molecule has 0 aromatic heterocycles. The van der Waals surface area contributed by atoms with Crippen molar-refractivity contribution in [3.8, 4) is 11.5 Å².